The summed E-state index contributed by atoms with van der Waals surface area (Å²) in [5, 5.41) is 10.7. The van der Waals surface area contributed by atoms with Crippen molar-refractivity contribution in [2.45, 2.75) is 83.5 Å². The number of aliphatic hydroxyl groups is 1. The van der Waals surface area contributed by atoms with E-state index < -0.39 is 8.32 Å². The average Bonchev–Trinajstić information content (AvgIpc) is 2.73. The maximum Gasteiger partial charge on any atom is 0.200 e. The third-order valence-corrected chi connectivity index (χ3v) is 13.2. The minimum absolute atomic E-state index is 0.269. The highest BCUT2D eigenvalue weighted by Crippen LogP contribution is 2.43. The third-order valence-electron chi connectivity index (χ3n) is 7.07. The Kier molecular flexibility index (Phi) is 10.5. The minimum atomic E-state index is -1.91. The zero-order valence-corrected chi connectivity index (χ0v) is 21.5. The molecule has 0 amide bonds. The molecule has 2 rings (SSSR count). The molecule has 0 fully saturated rings. The van der Waals surface area contributed by atoms with Crippen LogP contribution < -0.4 is 0 Å². The van der Waals surface area contributed by atoms with E-state index in [1.54, 1.807) is 0 Å². The topological polar surface area (TPSA) is 29.5 Å². The highest BCUT2D eigenvalue weighted by atomic mass is 28.4. The molecule has 3 atom stereocenters. The first-order valence-electron chi connectivity index (χ1n) is 12.2. The van der Waals surface area contributed by atoms with Crippen LogP contribution in [-0.2, 0) is 4.43 Å². The molecule has 1 aliphatic rings. The lowest BCUT2D eigenvalue weighted by Crippen LogP contribution is -2.49. The molecule has 1 N–H and O–H groups in total. The summed E-state index contributed by atoms with van der Waals surface area (Å²) in [6.07, 6.45) is 15.4. The van der Waals surface area contributed by atoms with Crippen LogP contribution in [0.1, 0.15) is 66.4 Å². The fraction of sp³-hybridized carbons (Fsp3) is 0.571. The van der Waals surface area contributed by atoms with E-state index in [1.165, 1.54) is 5.56 Å². The molecular weight excluding hydrogens is 396 g/mol. The zero-order valence-electron chi connectivity index (χ0n) is 20.5. The van der Waals surface area contributed by atoms with Gasteiger partial charge in [0.1, 0.15) is 0 Å². The van der Waals surface area contributed by atoms with E-state index in [-0.39, 0.29) is 12.0 Å². The second-order valence-electron chi connectivity index (χ2n) is 9.98. The molecular formula is C28H44O2Si. The molecule has 0 saturated heterocycles. The van der Waals surface area contributed by atoms with Gasteiger partial charge in [0.15, 0.2) is 8.32 Å². The highest BCUT2D eigenvalue weighted by Gasteiger charge is 2.45. The fourth-order valence-corrected chi connectivity index (χ4v) is 11.0. The number of allylic oxidation sites excluding steroid dienone is 4. The molecule has 1 aliphatic carbocycles. The van der Waals surface area contributed by atoms with E-state index in [9.17, 15) is 5.11 Å². The molecule has 1 aromatic carbocycles. The maximum absolute atomic E-state index is 10.7. The number of benzene rings is 1. The summed E-state index contributed by atoms with van der Waals surface area (Å²) in [7, 11) is -1.91. The van der Waals surface area contributed by atoms with Crippen molar-refractivity contribution in [3.63, 3.8) is 0 Å². The van der Waals surface area contributed by atoms with E-state index in [1.807, 2.05) is 12.1 Å². The second kappa shape index (κ2) is 12.6. The van der Waals surface area contributed by atoms with Gasteiger partial charge < -0.3 is 9.53 Å². The minimum Gasteiger partial charge on any atom is -0.416 e. The molecule has 0 aromatic heterocycles. The number of hydrogen-bond donors (Lipinski definition) is 1. The fourth-order valence-electron chi connectivity index (χ4n) is 5.53. The van der Waals surface area contributed by atoms with Gasteiger partial charge in [-0.15, -0.1) is 0 Å². The molecule has 0 heterocycles. The Morgan fingerprint density at radius 3 is 2.23 bits per heavy atom. The monoisotopic (exact) mass is 440 g/mol. The lowest BCUT2D eigenvalue weighted by Gasteiger charge is -2.44. The van der Waals surface area contributed by atoms with Gasteiger partial charge in [-0.2, -0.15) is 0 Å². The van der Waals surface area contributed by atoms with Gasteiger partial charge in [0, 0.05) is 6.61 Å². The Hall–Kier alpha value is -1.42. The van der Waals surface area contributed by atoms with Gasteiger partial charge in [0.25, 0.3) is 0 Å². The van der Waals surface area contributed by atoms with Crippen molar-refractivity contribution in [2.75, 3.05) is 6.61 Å². The number of hydrogen-bond acceptors (Lipinski definition) is 2. The van der Waals surface area contributed by atoms with Gasteiger partial charge >= 0.3 is 0 Å². The first kappa shape index (κ1) is 25.8. The van der Waals surface area contributed by atoms with Crippen LogP contribution >= 0.6 is 0 Å². The Balaban J connectivity index is 2.12. The summed E-state index contributed by atoms with van der Waals surface area (Å²) < 4.78 is 6.96. The van der Waals surface area contributed by atoms with E-state index in [4.69, 9.17) is 4.43 Å². The van der Waals surface area contributed by atoms with Gasteiger partial charge in [0.05, 0.1) is 6.10 Å². The van der Waals surface area contributed by atoms with Crippen LogP contribution in [0, 0.1) is 11.8 Å². The van der Waals surface area contributed by atoms with Gasteiger partial charge in [0.2, 0.25) is 0 Å². The lowest BCUT2D eigenvalue weighted by molar-refractivity contribution is 0.0703. The Morgan fingerprint density at radius 1 is 1.00 bits per heavy atom. The standard InChI is InChI=1S/C28H44O2Si/c1-22(2)31(23(3)4,24(5)6)30-21-26(27-19-13-14-20-28(27)29)18-12-8-11-17-25-15-9-7-10-16-25/h7-12,14-17,20,22-24,26-29H,13,18-19,21H2,1-6H3/b12-8+,17-11+/t26-,27+,28+/m0/s1. The van der Waals surface area contributed by atoms with E-state index >= 15 is 0 Å². The summed E-state index contributed by atoms with van der Waals surface area (Å²) >= 11 is 0. The Bertz CT molecular complexity index is 696. The lowest BCUT2D eigenvalue weighted by atomic mass is 9.80. The normalized spacial score (nSPS) is 21.2. The average molecular weight is 441 g/mol. The van der Waals surface area contributed by atoms with Crippen molar-refractivity contribution in [1.82, 2.24) is 0 Å². The van der Waals surface area contributed by atoms with Crippen molar-refractivity contribution >= 4 is 14.4 Å². The maximum atomic E-state index is 10.7. The molecule has 0 radical (unpaired) electrons. The van der Waals surface area contributed by atoms with Crippen LogP contribution in [0.4, 0.5) is 0 Å². The molecule has 2 nitrogen and oxygen atoms in total. The third kappa shape index (κ3) is 7.03. The van der Waals surface area contributed by atoms with Gasteiger partial charge in [-0.05, 0) is 53.3 Å². The first-order valence-corrected chi connectivity index (χ1v) is 14.3. The second-order valence-corrected chi connectivity index (χ2v) is 15.4. The van der Waals surface area contributed by atoms with Gasteiger partial charge in [-0.3, -0.25) is 0 Å². The summed E-state index contributed by atoms with van der Waals surface area (Å²) in [6, 6.07) is 10.4. The van der Waals surface area contributed by atoms with Crippen LogP contribution in [0.15, 0.2) is 60.7 Å². The van der Waals surface area contributed by atoms with Gasteiger partial charge in [-0.1, -0.05) is 108 Å². The first-order chi connectivity index (χ1) is 14.8. The summed E-state index contributed by atoms with van der Waals surface area (Å²) in [6.45, 7) is 14.8. The number of rotatable bonds is 11. The predicted octanol–water partition coefficient (Wildman–Crippen LogP) is 7.78. The van der Waals surface area contributed by atoms with Crippen LogP contribution in [0.25, 0.3) is 6.08 Å². The summed E-state index contributed by atoms with van der Waals surface area (Å²) in [4.78, 5) is 0. The molecule has 1 aromatic rings. The highest BCUT2D eigenvalue weighted by molar-refractivity contribution is 6.77. The zero-order chi connectivity index (χ0) is 22.9. The van der Waals surface area contributed by atoms with Crippen LogP contribution in [-0.4, -0.2) is 26.1 Å². The van der Waals surface area contributed by atoms with Gasteiger partial charge in [-0.25, -0.2) is 0 Å². The largest absolute Gasteiger partial charge is 0.416 e. The smallest absolute Gasteiger partial charge is 0.200 e. The summed E-state index contributed by atoms with van der Waals surface area (Å²) in [5.41, 5.74) is 2.94. The molecule has 0 unspecified atom stereocenters. The molecule has 0 bridgehead atoms. The van der Waals surface area contributed by atoms with Crippen molar-refractivity contribution in [1.29, 1.82) is 0 Å². The molecule has 172 valence electrons. The Morgan fingerprint density at radius 2 is 1.65 bits per heavy atom. The SMILES string of the molecule is CC(C)[Si](OC[C@H](C/C=C/C=C/c1ccccc1)[C@H]1CCC=C[C@H]1O)(C(C)C)C(C)C. The molecule has 31 heavy (non-hydrogen) atoms. The van der Waals surface area contributed by atoms with Crippen molar-refractivity contribution in [3.05, 3.63) is 66.3 Å². The van der Waals surface area contributed by atoms with Crippen molar-refractivity contribution in [3.8, 4) is 0 Å². The number of aliphatic hydroxyl groups excluding tert-OH is 1. The van der Waals surface area contributed by atoms with E-state index in [0.29, 0.717) is 22.5 Å². The molecule has 3 heteroatoms. The van der Waals surface area contributed by atoms with E-state index in [2.05, 4.69) is 96.2 Å². The van der Waals surface area contributed by atoms with Crippen LogP contribution in [0.5, 0.6) is 0 Å². The predicted molar refractivity (Wildman–Crippen MR) is 138 cm³/mol. The quantitative estimate of drug-likeness (QED) is 0.216. The van der Waals surface area contributed by atoms with Crippen LogP contribution in [0.2, 0.25) is 16.6 Å². The summed E-state index contributed by atoms with van der Waals surface area (Å²) in [5.74, 6) is 0.607. The van der Waals surface area contributed by atoms with E-state index in [0.717, 1.165) is 25.9 Å². The van der Waals surface area contributed by atoms with Crippen LogP contribution in [0.3, 0.4) is 0 Å². The molecule has 0 spiro atoms. The van der Waals surface area contributed by atoms with Crippen molar-refractivity contribution < 1.29 is 9.53 Å². The molecule has 0 saturated carbocycles. The van der Waals surface area contributed by atoms with Crippen molar-refractivity contribution in [2.24, 2.45) is 11.8 Å². The molecule has 0 aliphatic heterocycles. The Labute approximate surface area is 192 Å².